The molecule has 1 saturated carbocycles. The highest BCUT2D eigenvalue weighted by Crippen LogP contribution is 2.31. The summed E-state index contributed by atoms with van der Waals surface area (Å²) in [5.74, 6) is -0.944. The number of hydrogen-bond acceptors (Lipinski definition) is 2. The van der Waals surface area contributed by atoms with E-state index in [1.807, 2.05) is 0 Å². The van der Waals surface area contributed by atoms with Crippen LogP contribution in [0.5, 0.6) is 0 Å². The number of carboxylic acid groups (broad SMARTS) is 1. The van der Waals surface area contributed by atoms with Gasteiger partial charge in [0.2, 0.25) is 0 Å². The van der Waals surface area contributed by atoms with Crippen molar-refractivity contribution >= 4 is 12.0 Å². The fraction of sp³-hybridized carbons (Fsp3) is 0.467. The van der Waals surface area contributed by atoms with E-state index in [2.05, 4.69) is 12.2 Å². The van der Waals surface area contributed by atoms with Crippen molar-refractivity contribution in [2.75, 3.05) is 7.05 Å². The maximum atomic E-state index is 12.1. The van der Waals surface area contributed by atoms with Crippen molar-refractivity contribution in [3.8, 4) is 0 Å². The van der Waals surface area contributed by atoms with Crippen molar-refractivity contribution in [3.05, 3.63) is 35.4 Å². The molecule has 2 N–H and O–H groups in total. The van der Waals surface area contributed by atoms with E-state index >= 15 is 0 Å². The van der Waals surface area contributed by atoms with Gasteiger partial charge in [-0.15, -0.1) is 0 Å². The molecule has 2 amide bonds. The fourth-order valence-corrected chi connectivity index (χ4v) is 2.28. The molecule has 0 spiro atoms. The fourth-order valence-electron chi connectivity index (χ4n) is 2.28. The summed E-state index contributed by atoms with van der Waals surface area (Å²) < 4.78 is 0. The maximum Gasteiger partial charge on any atom is 0.335 e. The van der Waals surface area contributed by atoms with E-state index in [0.29, 0.717) is 6.54 Å². The number of aromatic carboxylic acids is 1. The molecule has 1 aromatic carbocycles. The lowest BCUT2D eigenvalue weighted by Gasteiger charge is -2.40. The summed E-state index contributed by atoms with van der Waals surface area (Å²) in [5.41, 5.74) is 1.10. The average molecular weight is 276 g/mol. The van der Waals surface area contributed by atoms with E-state index in [1.165, 1.54) is 0 Å². The smallest absolute Gasteiger partial charge is 0.335 e. The molecule has 0 saturated heterocycles. The van der Waals surface area contributed by atoms with Crippen molar-refractivity contribution in [2.24, 2.45) is 0 Å². The van der Waals surface area contributed by atoms with Gasteiger partial charge in [-0.3, -0.25) is 0 Å². The summed E-state index contributed by atoms with van der Waals surface area (Å²) in [4.78, 5) is 24.4. The molecule has 1 fully saturated rings. The van der Waals surface area contributed by atoms with Crippen LogP contribution in [0.15, 0.2) is 24.3 Å². The van der Waals surface area contributed by atoms with E-state index in [4.69, 9.17) is 5.11 Å². The molecule has 108 valence electrons. The molecule has 0 heterocycles. The average Bonchev–Trinajstić information content (AvgIpc) is 2.37. The lowest BCUT2D eigenvalue weighted by Crippen LogP contribution is -2.54. The van der Waals surface area contributed by atoms with Crippen LogP contribution in [-0.2, 0) is 6.54 Å². The van der Waals surface area contributed by atoms with Crippen LogP contribution in [0.25, 0.3) is 0 Å². The summed E-state index contributed by atoms with van der Waals surface area (Å²) in [5, 5.41) is 11.9. The zero-order valence-electron chi connectivity index (χ0n) is 11.8. The second kappa shape index (κ2) is 5.53. The first-order chi connectivity index (χ1) is 9.39. The van der Waals surface area contributed by atoms with E-state index in [0.717, 1.165) is 24.8 Å². The highest BCUT2D eigenvalue weighted by molar-refractivity contribution is 5.87. The predicted octanol–water partition coefficient (Wildman–Crippen LogP) is 2.47. The molecule has 0 unspecified atom stereocenters. The summed E-state index contributed by atoms with van der Waals surface area (Å²) in [7, 11) is 1.74. The third-order valence-corrected chi connectivity index (χ3v) is 3.83. The molecule has 1 aliphatic carbocycles. The van der Waals surface area contributed by atoms with Gasteiger partial charge in [-0.05, 0) is 43.9 Å². The molecule has 1 aromatic rings. The molecule has 0 aromatic heterocycles. The standard InChI is InChI=1S/C15H20N2O3/c1-15(8-3-9-15)16-14(20)17(2)10-11-4-6-12(7-5-11)13(18)19/h4-7H,3,8-10H2,1-2H3,(H,16,20)(H,18,19). The SMILES string of the molecule is CN(Cc1ccc(C(=O)O)cc1)C(=O)NC1(C)CCC1. The van der Waals surface area contributed by atoms with Crippen LogP contribution in [-0.4, -0.2) is 34.6 Å². The summed E-state index contributed by atoms with van der Waals surface area (Å²) in [6, 6.07) is 6.48. The molecule has 0 aliphatic heterocycles. The highest BCUT2D eigenvalue weighted by atomic mass is 16.4. The normalized spacial score (nSPS) is 16.1. The van der Waals surface area contributed by atoms with E-state index < -0.39 is 5.97 Å². The summed E-state index contributed by atoms with van der Waals surface area (Å²) in [6.45, 7) is 2.52. The van der Waals surface area contributed by atoms with E-state index in [9.17, 15) is 9.59 Å². The molecule has 0 radical (unpaired) electrons. The lowest BCUT2D eigenvalue weighted by atomic mass is 9.79. The van der Waals surface area contributed by atoms with Crippen molar-refractivity contribution in [2.45, 2.75) is 38.3 Å². The number of nitrogens with zero attached hydrogens (tertiary/aromatic N) is 1. The number of carbonyl (C=O) groups is 2. The van der Waals surface area contributed by atoms with Gasteiger partial charge in [-0.2, -0.15) is 0 Å². The number of amides is 2. The second-order valence-electron chi connectivity index (χ2n) is 5.70. The van der Waals surface area contributed by atoms with Gasteiger partial charge >= 0.3 is 12.0 Å². The molecule has 0 atom stereocenters. The molecule has 5 nitrogen and oxygen atoms in total. The molecule has 2 rings (SSSR count). The molecule has 5 heteroatoms. The van der Waals surface area contributed by atoms with Crippen LogP contribution in [0.2, 0.25) is 0 Å². The zero-order valence-corrected chi connectivity index (χ0v) is 11.8. The Morgan fingerprint density at radius 2 is 1.90 bits per heavy atom. The van der Waals surface area contributed by atoms with Gasteiger partial charge in [0.05, 0.1) is 5.56 Å². The Balaban J connectivity index is 1.91. The Bertz CT molecular complexity index is 506. The Labute approximate surface area is 118 Å². The highest BCUT2D eigenvalue weighted by Gasteiger charge is 2.33. The topological polar surface area (TPSA) is 69.6 Å². The minimum atomic E-state index is -0.944. The van der Waals surface area contributed by atoms with Crippen LogP contribution < -0.4 is 5.32 Å². The number of carbonyl (C=O) groups excluding carboxylic acids is 1. The third kappa shape index (κ3) is 3.29. The van der Waals surface area contributed by atoms with Gasteiger partial charge in [0.1, 0.15) is 0 Å². The van der Waals surface area contributed by atoms with Crippen LogP contribution in [0, 0.1) is 0 Å². The maximum absolute atomic E-state index is 12.1. The molecular formula is C15H20N2O3. The number of rotatable bonds is 4. The van der Waals surface area contributed by atoms with E-state index in [1.54, 1.807) is 36.2 Å². The first-order valence-corrected chi connectivity index (χ1v) is 6.75. The van der Waals surface area contributed by atoms with Gasteiger partial charge in [-0.1, -0.05) is 12.1 Å². The van der Waals surface area contributed by atoms with Gasteiger partial charge in [-0.25, -0.2) is 9.59 Å². The van der Waals surface area contributed by atoms with Crippen molar-refractivity contribution in [1.29, 1.82) is 0 Å². The molecular weight excluding hydrogens is 256 g/mol. The predicted molar refractivity (Wildman–Crippen MR) is 75.7 cm³/mol. The molecule has 1 aliphatic rings. The lowest BCUT2D eigenvalue weighted by molar-refractivity contribution is 0.0696. The van der Waals surface area contributed by atoms with E-state index in [-0.39, 0.29) is 17.1 Å². The second-order valence-corrected chi connectivity index (χ2v) is 5.70. The molecule has 0 bridgehead atoms. The van der Waals surface area contributed by atoms with Gasteiger partial charge in [0.15, 0.2) is 0 Å². The number of benzene rings is 1. The first kappa shape index (κ1) is 14.4. The van der Waals surface area contributed by atoms with Gasteiger partial charge < -0.3 is 15.3 Å². The Morgan fingerprint density at radius 3 is 2.35 bits per heavy atom. The van der Waals surface area contributed by atoms with Crippen LogP contribution in [0.1, 0.15) is 42.1 Å². The van der Waals surface area contributed by atoms with Crippen molar-refractivity contribution in [1.82, 2.24) is 10.2 Å². The number of carboxylic acids is 1. The van der Waals surface area contributed by atoms with Crippen molar-refractivity contribution in [3.63, 3.8) is 0 Å². The first-order valence-electron chi connectivity index (χ1n) is 6.75. The summed E-state index contributed by atoms with van der Waals surface area (Å²) >= 11 is 0. The van der Waals surface area contributed by atoms with Gasteiger partial charge in [0, 0.05) is 19.1 Å². The quantitative estimate of drug-likeness (QED) is 0.887. The minimum Gasteiger partial charge on any atom is -0.478 e. The Morgan fingerprint density at radius 1 is 1.30 bits per heavy atom. The number of urea groups is 1. The Hall–Kier alpha value is -2.04. The molecule has 20 heavy (non-hydrogen) atoms. The van der Waals surface area contributed by atoms with Crippen LogP contribution >= 0.6 is 0 Å². The summed E-state index contributed by atoms with van der Waals surface area (Å²) in [6.07, 6.45) is 3.22. The monoisotopic (exact) mass is 276 g/mol. The van der Waals surface area contributed by atoms with Gasteiger partial charge in [0.25, 0.3) is 0 Å². The minimum absolute atomic E-state index is 0.0570. The number of nitrogens with one attached hydrogen (secondary N) is 1. The Kier molecular flexibility index (Phi) is 3.97. The third-order valence-electron chi connectivity index (χ3n) is 3.83. The zero-order chi connectivity index (χ0) is 14.8. The largest absolute Gasteiger partial charge is 0.478 e. The van der Waals surface area contributed by atoms with Crippen molar-refractivity contribution < 1.29 is 14.7 Å². The number of hydrogen-bond donors (Lipinski definition) is 2. The van der Waals surface area contributed by atoms with Crippen LogP contribution in [0.4, 0.5) is 4.79 Å². The van der Waals surface area contributed by atoms with Crippen LogP contribution in [0.3, 0.4) is 0 Å².